The molecule has 7 nitrogen and oxygen atoms in total. The second-order valence-electron chi connectivity index (χ2n) is 8.16. The van der Waals surface area contributed by atoms with Crippen molar-refractivity contribution in [2.75, 3.05) is 13.7 Å². The molecule has 2 aromatic heterocycles. The molecule has 4 heterocycles. The highest BCUT2D eigenvalue weighted by Crippen LogP contribution is 2.40. The third kappa shape index (κ3) is 2.92. The molecule has 7 heteroatoms. The Hall–Kier alpha value is -3.29. The summed E-state index contributed by atoms with van der Waals surface area (Å²) < 4.78 is 12.0. The lowest BCUT2D eigenvalue weighted by Gasteiger charge is -2.31. The summed E-state index contributed by atoms with van der Waals surface area (Å²) >= 11 is 0. The fourth-order valence-corrected chi connectivity index (χ4v) is 4.64. The Bertz CT molecular complexity index is 1340. The van der Waals surface area contributed by atoms with E-state index in [9.17, 15) is 14.7 Å². The van der Waals surface area contributed by atoms with Crippen molar-refractivity contribution in [2.24, 2.45) is 0 Å². The molecular weight excluding hydrogens is 408 g/mol. The van der Waals surface area contributed by atoms with Gasteiger partial charge in [0, 0.05) is 30.2 Å². The lowest BCUT2D eigenvalue weighted by atomic mass is 9.86. The van der Waals surface area contributed by atoms with Gasteiger partial charge in [-0.2, -0.15) is 0 Å². The van der Waals surface area contributed by atoms with Gasteiger partial charge in [0.1, 0.15) is 6.61 Å². The number of methoxy groups -OCH3 is 1. The number of aromatic nitrogens is 2. The van der Waals surface area contributed by atoms with E-state index in [-0.39, 0.29) is 18.6 Å². The lowest BCUT2D eigenvalue weighted by Crippen LogP contribution is -2.44. The summed E-state index contributed by atoms with van der Waals surface area (Å²) in [5.74, 6) is -0.719. The van der Waals surface area contributed by atoms with E-state index in [1.807, 2.05) is 24.3 Å². The van der Waals surface area contributed by atoms with Gasteiger partial charge in [-0.25, -0.2) is 9.78 Å². The van der Waals surface area contributed by atoms with Gasteiger partial charge in [0.05, 0.1) is 29.0 Å². The summed E-state index contributed by atoms with van der Waals surface area (Å²) in [5.41, 5.74) is 2.67. The Balaban J connectivity index is 1.75. The Labute approximate surface area is 184 Å². The van der Waals surface area contributed by atoms with Crippen LogP contribution in [0.3, 0.4) is 0 Å². The van der Waals surface area contributed by atoms with Gasteiger partial charge in [0.2, 0.25) is 0 Å². The maximum Gasteiger partial charge on any atom is 0.343 e. The van der Waals surface area contributed by atoms with Gasteiger partial charge in [0.25, 0.3) is 5.56 Å². The zero-order valence-corrected chi connectivity index (χ0v) is 18.1. The molecule has 2 aliphatic rings. The number of hydrogen-bond acceptors (Lipinski definition) is 6. The van der Waals surface area contributed by atoms with Crippen molar-refractivity contribution < 1.29 is 19.4 Å². The van der Waals surface area contributed by atoms with Gasteiger partial charge in [0.15, 0.2) is 5.60 Å². The number of carbonyl (C=O) groups is 1. The quantitative estimate of drug-likeness (QED) is 0.385. The molecule has 1 atom stereocenters. The van der Waals surface area contributed by atoms with Crippen molar-refractivity contribution in [3.63, 3.8) is 0 Å². The first-order valence-electron chi connectivity index (χ1n) is 10.7. The number of carbonyl (C=O) groups excluding carboxylic acids is 1. The average molecular weight is 432 g/mol. The number of rotatable bonds is 5. The number of hydrogen-bond donors (Lipinski definition) is 1. The zero-order valence-electron chi connectivity index (χ0n) is 18.1. The first-order chi connectivity index (χ1) is 15.5. The van der Waals surface area contributed by atoms with Gasteiger partial charge < -0.3 is 19.1 Å². The van der Waals surface area contributed by atoms with Crippen LogP contribution in [0.25, 0.3) is 28.4 Å². The van der Waals surface area contributed by atoms with Crippen LogP contribution in [0.5, 0.6) is 0 Å². The van der Waals surface area contributed by atoms with Crippen LogP contribution in [0, 0.1) is 0 Å². The van der Waals surface area contributed by atoms with Gasteiger partial charge in [-0.3, -0.25) is 4.79 Å². The van der Waals surface area contributed by atoms with E-state index in [1.54, 1.807) is 24.7 Å². The van der Waals surface area contributed by atoms with Crippen LogP contribution in [-0.4, -0.2) is 34.3 Å². The highest BCUT2D eigenvalue weighted by molar-refractivity contribution is 5.93. The van der Waals surface area contributed by atoms with Gasteiger partial charge in [-0.15, -0.1) is 0 Å². The molecule has 164 valence electrons. The highest BCUT2D eigenvalue weighted by Gasteiger charge is 2.45. The first kappa shape index (κ1) is 20.6. The SMILES string of the molecule is CC[C@@]1(O)C(=O)OCc2c1cc1n(c2=O)Cc2c-1nc1ccccc1c2/C=C/CCOC. The second-order valence-corrected chi connectivity index (χ2v) is 8.16. The minimum absolute atomic E-state index is 0.118. The Morgan fingerprint density at radius 2 is 2.09 bits per heavy atom. The number of para-hydroxylation sites is 1. The Kier molecular flexibility index (Phi) is 4.95. The van der Waals surface area contributed by atoms with E-state index >= 15 is 0 Å². The Morgan fingerprint density at radius 3 is 2.88 bits per heavy atom. The molecule has 3 aromatic rings. The summed E-state index contributed by atoms with van der Waals surface area (Å²) in [6, 6.07) is 9.62. The normalized spacial score (nSPS) is 19.2. The number of pyridine rings is 2. The molecule has 0 saturated heterocycles. The summed E-state index contributed by atoms with van der Waals surface area (Å²) in [7, 11) is 1.67. The van der Waals surface area contributed by atoms with Crippen LogP contribution >= 0.6 is 0 Å². The van der Waals surface area contributed by atoms with Crippen LogP contribution < -0.4 is 5.56 Å². The van der Waals surface area contributed by atoms with Crippen LogP contribution in [-0.2, 0) is 33.0 Å². The summed E-state index contributed by atoms with van der Waals surface area (Å²) in [6.07, 6.45) is 5.01. The Morgan fingerprint density at radius 1 is 1.28 bits per heavy atom. The van der Waals surface area contributed by atoms with Crippen molar-refractivity contribution in [2.45, 2.75) is 38.5 Å². The van der Waals surface area contributed by atoms with Gasteiger partial charge >= 0.3 is 5.97 Å². The molecule has 0 saturated carbocycles. The van der Waals surface area contributed by atoms with E-state index in [0.29, 0.717) is 35.7 Å². The average Bonchev–Trinajstić information content (AvgIpc) is 3.17. The summed E-state index contributed by atoms with van der Waals surface area (Å²) in [4.78, 5) is 30.6. The van der Waals surface area contributed by atoms with E-state index < -0.39 is 11.6 Å². The molecule has 1 N–H and O–H groups in total. The maximum atomic E-state index is 13.4. The van der Waals surface area contributed by atoms with E-state index in [2.05, 4.69) is 12.2 Å². The molecule has 0 fully saturated rings. The molecule has 0 radical (unpaired) electrons. The number of aliphatic hydroxyl groups is 1. The number of esters is 1. The molecule has 0 spiro atoms. The fourth-order valence-electron chi connectivity index (χ4n) is 4.64. The predicted molar refractivity (Wildman–Crippen MR) is 120 cm³/mol. The van der Waals surface area contributed by atoms with Crippen LogP contribution in [0.4, 0.5) is 0 Å². The largest absolute Gasteiger partial charge is 0.458 e. The molecule has 1 aromatic carbocycles. The molecular formula is C25H24N2O5. The fraction of sp³-hybridized carbons (Fsp3) is 0.320. The minimum Gasteiger partial charge on any atom is -0.458 e. The molecule has 0 amide bonds. The monoisotopic (exact) mass is 432 g/mol. The smallest absolute Gasteiger partial charge is 0.343 e. The maximum absolute atomic E-state index is 13.4. The minimum atomic E-state index is -1.83. The van der Waals surface area contributed by atoms with E-state index in [1.165, 1.54) is 0 Å². The van der Waals surface area contributed by atoms with Gasteiger partial charge in [-0.1, -0.05) is 37.3 Å². The molecule has 2 aliphatic heterocycles. The van der Waals surface area contributed by atoms with Gasteiger partial charge in [-0.05, 0) is 30.5 Å². The molecule has 0 aliphatic carbocycles. The third-order valence-corrected chi connectivity index (χ3v) is 6.41. The van der Waals surface area contributed by atoms with Crippen molar-refractivity contribution in [3.05, 3.63) is 69.0 Å². The number of fused-ring (bicyclic) bond motifs is 5. The lowest BCUT2D eigenvalue weighted by molar-refractivity contribution is -0.172. The number of ether oxygens (including phenoxy) is 2. The molecule has 0 unspecified atom stereocenters. The van der Waals surface area contributed by atoms with Crippen molar-refractivity contribution in [1.29, 1.82) is 0 Å². The highest BCUT2D eigenvalue weighted by atomic mass is 16.6. The number of cyclic esters (lactones) is 1. The molecule has 5 rings (SSSR count). The van der Waals surface area contributed by atoms with Crippen molar-refractivity contribution in [1.82, 2.24) is 9.55 Å². The van der Waals surface area contributed by atoms with Crippen LogP contribution in [0.1, 0.15) is 42.0 Å². The van der Waals surface area contributed by atoms with E-state index in [0.717, 1.165) is 28.5 Å². The van der Waals surface area contributed by atoms with Crippen molar-refractivity contribution >= 4 is 22.9 Å². The standard InChI is InChI=1S/C25H24N2O5/c1-3-25(30)19-12-21-22-17(13-27(21)23(28)18(19)14-32-24(25)29)15(8-6-7-11-31-2)16-9-4-5-10-20(16)26-22/h4-6,8-10,12,30H,3,7,11,13-14H2,1-2H3/b8-6+/t25-/m0/s1. The number of benzene rings is 1. The van der Waals surface area contributed by atoms with Crippen LogP contribution in [0.2, 0.25) is 0 Å². The van der Waals surface area contributed by atoms with Crippen molar-refractivity contribution in [3.8, 4) is 11.4 Å². The number of nitrogens with zero attached hydrogens (tertiary/aromatic N) is 2. The first-order valence-corrected chi connectivity index (χ1v) is 10.7. The topological polar surface area (TPSA) is 90.7 Å². The zero-order chi connectivity index (χ0) is 22.5. The third-order valence-electron chi connectivity index (χ3n) is 6.41. The molecule has 32 heavy (non-hydrogen) atoms. The molecule has 0 bridgehead atoms. The van der Waals surface area contributed by atoms with E-state index in [4.69, 9.17) is 14.5 Å². The summed E-state index contributed by atoms with van der Waals surface area (Å²) in [6.45, 7) is 2.56. The summed E-state index contributed by atoms with van der Waals surface area (Å²) in [5, 5.41) is 12.0. The van der Waals surface area contributed by atoms with Crippen LogP contribution in [0.15, 0.2) is 41.2 Å². The predicted octanol–water partition coefficient (Wildman–Crippen LogP) is 3.13. The second kappa shape index (κ2) is 7.69.